The Bertz CT molecular complexity index is 1640. The zero-order chi connectivity index (χ0) is 31.2. The molecule has 1 aliphatic carbocycles. The van der Waals surface area contributed by atoms with Gasteiger partial charge >= 0.3 is 6.18 Å². The van der Waals surface area contributed by atoms with E-state index in [-0.39, 0.29) is 40.2 Å². The molecule has 1 amide bonds. The molecule has 0 spiro atoms. The van der Waals surface area contributed by atoms with Crippen molar-refractivity contribution < 1.29 is 43.5 Å². The lowest BCUT2D eigenvalue weighted by Gasteiger charge is -2.31. The largest absolute Gasteiger partial charge is 0.433 e. The summed E-state index contributed by atoms with van der Waals surface area (Å²) < 4.78 is 42.8. The topological polar surface area (TPSA) is 148 Å². The number of halogens is 3. The van der Waals surface area contributed by atoms with Crippen LogP contribution in [0.5, 0.6) is 0 Å². The minimum atomic E-state index is -4.59. The highest BCUT2D eigenvalue weighted by molar-refractivity contribution is 8.00. The van der Waals surface area contributed by atoms with Gasteiger partial charge in [0.1, 0.15) is 5.69 Å². The van der Waals surface area contributed by atoms with Crippen molar-refractivity contribution in [3.8, 4) is 0 Å². The number of pyridine rings is 1. The number of carbonyl (C=O) groups excluding carboxylic acids is 1. The number of nitrogens with one attached hydrogen (secondary N) is 1. The van der Waals surface area contributed by atoms with E-state index in [9.17, 15) is 43.5 Å². The molecule has 1 unspecified atom stereocenters. The molecule has 43 heavy (non-hydrogen) atoms. The van der Waals surface area contributed by atoms with E-state index in [0.717, 1.165) is 24.6 Å². The Morgan fingerprint density at radius 2 is 1.77 bits per heavy atom. The Kier molecular flexibility index (Phi) is 8.37. The lowest BCUT2D eigenvalue weighted by Crippen LogP contribution is -2.52. The zero-order valence-electron chi connectivity index (χ0n) is 22.5. The van der Waals surface area contributed by atoms with Gasteiger partial charge in [0.15, 0.2) is 13.5 Å². The van der Waals surface area contributed by atoms with Gasteiger partial charge in [0, 0.05) is 45.7 Å². The van der Waals surface area contributed by atoms with Crippen molar-refractivity contribution in [2.75, 3.05) is 6.61 Å². The number of thioether (sulfide) groups is 1. The van der Waals surface area contributed by atoms with Crippen LogP contribution in [0.1, 0.15) is 57.8 Å². The first-order valence-electron chi connectivity index (χ1n) is 13.2. The molecule has 1 saturated carbocycles. The number of aromatic nitrogens is 2. The smallest absolute Gasteiger partial charge is 0.394 e. The number of rotatable bonds is 10. The van der Waals surface area contributed by atoms with Crippen LogP contribution in [0, 0.1) is 0 Å². The molecule has 9 nitrogen and oxygen atoms in total. The monoisotopic (exact) mass is 613 g/mol. The second-order valence-corrected chi connectivity index (χ2v) is 11.7. The quantitative estimate of drug-likeness (QED) is 0.0910. The van der Waals surface area contributed by atoms with Crippen LogP contribution in [0.25, 0.3) is 10.9 Å². The molecule has 1 aliphatic rings. The van der Waals surface area contributed by atoms with E-state index in [2.05, 4.69) is 10.3 Å². The number of alkyl halides is 3. The number of aliphatic hydroxyl groups excluding tert-OH is 1. The van der Waals surface area contributed by atoms with Crippen molar-refractivity contribution in [1.82, 2.24) is 14.9 Å². The Hall–Kier alpha value is -3.40. The first-order chi connectivity index (χ1) is 20.2. The normalized spacial score (nSPS) is 15.1. The van der Waals surface area contributed by atoms with Crippen molar-refractivity contribution in [3.63, 3.8) is 0 Å². The number of hydrogen-bond donors (Lipinski definition) is 6. The summed E-state index contributed by atoms with van der Waals surface area (Å²) in [6.07, 6.45) is -1.64. The SMILES string of the molecule is [B]C(O)(O)C(O)(O)Sc1ccc(C(CO)NC(=O)c2ccc3c(c2)cc(Cc2cccnc2C(F)(F)F)n3C2CC2)cc1. The molecule has 224 valence electrons. The molecule has 0 aliphatic heterocycles. The molecule has 6 N–H and O–H groups in total. The molecule has 1 atom stereocenters. The standard InChI is InChI=1S/C29H27BF3N3O6S/c30-28(39,40)29(41,42)43-22-8-3-16(4-9-22)23(15-37)35-26(38)18-5-10-24-19(12-18)14-21(36(24)20-6-7-20)13-17-2-1-11-34-25(17)27(31,32)33/h1-5,8-12,14,20,23,37,39-42H,6-7,13,15H2,(H,35,38). The average molecular weight is 613 g/mol. The van der Waals surface area contributed by atoms with Gasteiger partial charge in [-0.3, -0.25) is 9.78 Å². The van der Waals surface area contributed by atoms with Gasteiger partial charge in [-0.05, 0) is 66.4 Å². The van der Waals surface area contributed by atoms with Crippen molar-refractivity contribution >= 4 is 36.4 Å². The maximum absolute atomic E-state index is 13.6. The number of nitrogens with zero attached hydrogens (tertiary/aromatic N) is 2. The molecule has 0 saturated heterocycles. The molecule has 4 aromatic rings. The van der Waals surface area contributed by atoms with Crippen LogP contribution in [0.15, 0.2) is 71.8 Å². The lowest BCUT2D eigenvalue weighted by atomic mass is 9.94. The highest BCUT2D eigenvalue weighted by Gasteiger charge is 2.43. The van der Waals surface area contributed by atoms with Crippen LogP contribution < -0.4 is 5.32 Å². The molecule has 2 aromatic carbocycles. The molecular formula is C29H27BF3N3O6S. The van der Waals surface area contributed by atoms with Gasteiger partial charge < -0.3 is 35.4 Å². The zero-order valence-corrected chi connectivity index (χ0v) is 23.3. The number of fused-ring (bicyclic) bond motifs is 1. The molecule has 1 fully saturated rings. The molecule has 2 heterocycles. The molecule has 5 rings (SSSR count). The van der Waals surface area contributed by atoms with E-state index in [0.29, 0.717) is 16.6 Å². The third kappa shape index (κ3) is 6.74. The Labute approximate surface area is 249 Å². The minimum Gasteiger partial charge on any atom is -0.394 e. The lowest BCUT2D eigenvalue weighted by molar-refractivity contribution is -0.261. The van der Waals surface area contributed by atoms with E-state index < -0.39 is 41.2 Å². The van der Waals surface area contributed by atoms with Crippen molar-refractivity contribution in [2.24, 2.45) is 0 Å². The first kappa shape index (κ1) is 31.0. The summed E-state index contributed by atoms with van der Waals surface area (Å²) in [7, 11) is 4.95. The van der Waals surface area contributed by atoms with Crippen molar-refractivity contribution in [2.45, 2.75) is 53.2 Å². The van der Waals surface area contributed by atoms with Gasteiger partial charge in [0.05, 0.1) is 12.6 Å². The third-order valence-electron chi connectivity index (χ3n) is 7.13. The Balaban J connectivity index is 1.36. The van der Waals surface area contributed by atoms with Crippen LogP contribution in [-0.4, -0.2) is 66.2 Å². The van der Waals surface area contributed by atoms with E-state index in [1.807, 2.05) is 4.57 Å². The second-order valence-electron chi connectivity index (χ2n) is 10.4. The second kappa shape index (κ2) is 11.6. The Morgan fingerprint density at radius 3 is 2.37 bits per heavy atom. The predicted octanol–water partition coefficient (Wildman–Crippen LogP) is 2.98. The van der Waals surface area contributed by atoms with E-state index in [1.165, 1.54) is 36.4 Å². The molecule has 0 bridgehead atoms. The summed E-state index contributed by atoms with van der Waals surface area (Å²) in [5.41, 5.74) is -1.90. The number of hydrogen-bond acceptors (Lipinski definition) is 8. The highest BCUT2D eigenvalue weighted by Crippen LogP contribution is 2.41. The molecular weight excluding hydrogens is 586 g/mol. The van der Waals surface area contributed by atoms with E-state index in [1.54, 1.807) is 24.3 Å². The van der Waals surface area contributed by atoms with E-state index in [4.69, 9.17) is 7.85 Å². The fraction of sp³-hybridized carbons (Fsp3) is 0.310. The number of amides is 1. The summed E-state index contributed by atoms with van der Waals surface area (Å²) in [6, 6.07) is 14.9. The fourth-order valence-corrected chi connectivity index (χ4v) is 5.60. The van der Waals surface area contributed by atoms with Crippen molar-refractivity contribution in [3.05, 3.63) is 94.9 Å². The molecule has 14 heteroatoms. The first-order valence-corrected chi connectivity index (χ1v) is 14.0. The van der Waals surface area contributed by atoms with Crippen LogP contribution in [0.2, 0.25) is 0 Å². The number of aliphatic hydroxyl groups is 5. The van der Waals surface area contributed by atoms with Gasteiger partial charge in [-0.15, -0.1) is 0 Å². The van der Waals surface area contributed by atoms with Crippen LogP contribution >= 0.6 is 11.8 Å². The third-order valence-corrected chi connectivity index (χ3v) is 8.23. The maximum Gasteiger partial charge on any atom is 0.433 e. The van der Waals surface area contributed by atoms with Gasteiger partial charge in [-0.1, -0.05) is 30.0 Å². The molecule has 2 aromatic heterocycles. The average Bonchev–Trinajstić information content (AvgIpc) is 3.71. The summed E-state index contributed by atoms with van der Waals surface area (Å²) in [5, 5.41) is 48.4. The molecule has 2 radical (unpaired) electrons. The highest BCUT2D eigenvalue weighted by atomic mass is 32.2. The van der Waals surface area contributed by atoms with Gasteiger partial charge in [-0.2, -0.15) is 13.2 Å². The summed E-state index contributed by atoms with van der Waals surface area (Å²) >= 11 is 0.280. The summed E-state index contributed by atoms with van der Waals surface area (Å²) in [5.74, 6) is -0.495. The van der Waals surface area contributed by atoms with Gasteiger partial charge in [0.25, 0.3) is 11.0 Å². The van der Waals surface area contributed by atoms with Gasteiger partial charge in [0.2, 0.25) is 0 Å². The fourth-order valence-electron chi connectivity index (χ4n) is 4.85. The van der Waals surface area contributed by atoms with Gasteiger partial charge in [-0.25, -0.2) is 0 Å². The van der Waals surface area contributed by atoms with Crippen LogP contribution in [0.3, 0.4) is 0 Å². The van der Waals surface area contributed by atoms with Crippen molar-refractivity contribution in [1.29, 1.82) is 0 Å². The van der Waals surface area contributed by atoms with E-state index >= 15 is 0 Å². The Morgan fingerprint density at radius 1 is 1.07 bits per heavy atom. The number of carbonyl (C=O) groups is 1. The van der Waals surface area contributed by atoms with Crippen LogP contribution in [0.4, 0.5) is 13.2 Å². The summed E-state index contributed by atoms with van der Waals surface area (Å²) in [4.78, 5) is 17.0. The summed E-state index contributed by atoms with van der Waals surface area (Å²) in [6.45, 7) is -0.460. The minimum absolute atomic E-state index is 0.0207. The van der Waals surface area contributed by atoms with Crippen LogP contribution in [-0.2, 0) is 12.6 Å². The maximum atomic E-state index is 13.6. The predicted molar refractivity (Wildman–Crippen MR) is 152 cm³/mol. The number of benzene rings is 2.